The number of likely N-dealkylation sites (tertiary alicyclic amines) is 1. The van der Waals surface area contributed by atoms with Gasteiger partial charge in [-0.15, -0.1) is 0 Å². The van der Waals surface area contributed by atoms with Crippen molar-refractivity contribution in [2.45, 2.75) is 44.7 Å². The van der Waals surface area contributed by atoms with E-state index >= 15 is 0 Å². The largest absolute Gasteiger partial charge is 0.508 e. The van der Waals surface area contributed by atoms with E-state index in [9.17, 15) is 14.7 Å². The minimum absolute atomic E-state index is 0. The number of ketones is 1. The lowest BCUT2D eigenvalue weighted by atomic mass is 9.81. The molecule has 0 atom stereocenters. The molecule has 1 N–H and O–H groups in total. The molecule has 2 aliphatic heterocycles. The van der Waals surface area contributed by atoms with Crippen molar-refractivity contribution in [3.05, 3.63) is 52.8 Å². The zero-order valence-electron chi connectivity index (χ0n) is 17.7. The van der Waals surface area contributed by atoms with Gasteiger partial charge in [-0.1, -0.05) is 0 Å². The molecule has 0 bridgehead atoms. The van der Waals surface area contributed by atoms with Crippen LogP contribution in [0.3, 0.4) is 0 Å². The number of hydrogen-bond acceptors (Lipinski definition) is 4. The van der Waals surface area contributed by atoms with E-state index in [0.717, 1.165) is 44.5 Å². The van der Waals surface area contributed by atoms with Gasteiger partial charge in [0.15, 0.2) is 5.78 Å². The Hall–Kier alpha value is -2.60. The maximum absolute atomic E-state index is 13.0. The number of fused-ring (bicyclic) bond motifs is 2. The lowest BCUT2D eigenvalue weighted by Gasteiger charge is -2.50. The Labute approximate surface area is 178 Å². The van der Waals surface area contributed by atoms with Crippen molar-refractivity contribution in [3.8, 4) is 5.75 Å². The molecule has 0 radical (unpaired) electrons. The summed E-state index contributed by atoms with van der Waals surface area (Å²) < 4.78 is 2.25. The van der Waals surface area contributed by atoms with E-state index in [4.69, 9.17) is 0 Å². The number of piperidine rings is 1. The number of aromatic hydroxyl groups is 1. The van der Waals surface area contributed by atoms with E-state index in [1.807, 2.05) is 17.9 Å². The van der Waals surface area contributed by atoms with Crippen LogP contribution in [0.2, 0.25) is 0 Å². The molecule has 1 aliphatic carbocycles. The third kappa shape index (κ3) is 2.97. The van der Waals surface area contributed by atoms with E-state index in [-0.39, 0.29) is 24.5 Å². The Bertz CT molecular complexity index is 1020. The van der Waals surface area contributed by atoms with Crippen LogP contribution in [0, 0.1) is 12.8 Å². The standard InChI is InChI=1S/C24H29N3O3.H2/c1-16-15-18(5-7-20(16)28)23(30)26-11-9-24(10-12-26)21-8-6-19(22(29)17-3-4-17)27(21)14-13-25(24)2;/h5-8,15,17,28H,3-4,9-14H2,1-2H3;1H. The zero-order chi connectivity index (χ0) is 21.0. The number of likely N-dealkylation sites (N-methyl/N-ethyl adjacent to an activating group) is 1. The van der Waals surface area contributed by atoms with Crippen molar-refractivity contribution in [2.75, 3.05) is 26.7 Å². The number of benzene rings is 1. The predicted molar refractivity (Wildman–Crippen MR) is 116 cm³/mol. The van der Waals surface area contributed by atoms with Crippen LogP contribution >= 0.6 is 0 Å². The van der Waals surface area contributed by atoms with Crippen molar-refractivity contribution < 1.29 is 16.1 Å². The highest BCUT2D eigenvalue weighted by atomic mass is 16.3. The van der Waals surface area contributed by atoms with Gasteiger partial charge in [0.1, 0.15) is 5.75 Å². The number of rotatable bonds is 3. The fourth-order valence-electron chi connectivity index (χ4n) is 5.23. The van der Waals surface area contributed by atoms with Crippen molar-refractivity contribution >= 4 is 11.7 Å². The minimum Gasteiger partial charge on any atom is -0.508 e. The summed E-state index contributed by atoms with van der Waals surface area (Å²) in [6, 6.07) is 9.21. The summed E-state index contributed by atoms with van der Waals surface area (Å²) in [5.41, 5.74) is 3.32. The minimum atomic E-state index is -0.123. The highest BCUT2D eigenvalue weighted by Crippen LogP contribution is 2.43. The fraction of sp³-hybridized carbons (Fsp3) is 0.500. The molecular weight excluding hydrogens is 378 g/mol. The average Bonchev–Trinajstić information content (AvgIpc) is 3.51. The number of aromatic nitrogens is 1. The molecule has 1 saturated carbocycles. The van der Waals surface area contributed by atoms with Crippen LogP contribution in [0.25, 0.3) is 0 Å². The number of carbonyl (C=O) groups excluding carboxylic acids is 2. The van der Waals surface area contributed by atoms with Crippen LogP contribution in [0.4, 0.5) is 0 Å². The summed E-state index contributed by atoms with van der Waals surface area (Å²) in [6.07, 6.45) is 3.76. The molecule has 1 aromatic heterocycles. The number of amides is 1. The topological polar surface area (TPSA) is 65.8 Å². The molecule has 3 heterocycles. The molecule has 2 aromatic rings. The van der Waals surface area contributed by atoms with Gasteiger partial charge in [0.25, 0.3) is 5.91 Å². The second kappa shape index (κ2) is 6.98. The zero-order valence-corrected chi connectivity index (χ0v) is 17.7. The summed E-state index contributed by atoms with van der Waals surface area (Å²) >= 11 is 0. The number of hydrogen-bond donors (Lipinski definition) is 1. The normalized spacial score (nSPS) is 20.9. The number of carbonyl (C=O) groups is 2. The van der Waals surface area contributed by atoms with Gasteiger partial charge in [-0.05, 0) is 75.5 Å². The first-order valence-corrected chi connectivity index (χ1v) is 10.9. The molecule has 1 spiro atoms. The lowest BCUT2D eigenvalue weighted by Crippen LogP contribution is -2.56. The van der Waals surface area contributed by atoms with Gasteiger partial charge in [-0.3, -0.25) is 14.5 Å². The van der Waals surface area contributed by atoms with Crippen LogP contribution in [0.5, 0.6) is 5.75 Å². The molecule has 2 fully saturated rings. The van der Waals surface area contributed by atoms with Crippen molar-refractivity contribution in [2.24, 2.45) is 5.92 Å². The Morgan fingerprint density at radius 3 is 2.47 bits per heavy atom. The van der Waals surface area contributed by atoms with Crippen molar-refractivity contribution in [1.82, 2.24) is 14.4 Å². The Morgan fingerprint density at radius 2 is 1.80 bits per heavy atom. The average molecular weight is 410 g/mol. The van der Waals surface area contributed by atoms with Crippen molar-refractivity contribution in [1.29, 1.82) is 0 Å². The first-order valence-electron chi connectivity index (χ1n) is 10.9. The number of phenolic OH excluding ortho intramolecular Hbond substituents is 1. The quantitative estimate of drug-likeness (QED) is 0.789. The van der Waals surface area contributed by atoms with Gasteiger partial charge in [0.2, 0.25) is 0 Å². The van der Waals surface area contributed by atoms with Gasteiger partial charge >= 0.3 is 0 Å². The molecule has 30 heavy (non-hydrogen) atoms. The highest BCUT2D eigenvalue weighted by Gasteiger charge is 2.46. The predicted octanol–water partition coefficient (Wildman–Crippen LogP) is 3.42. The summed E-state index contributed by atoms with van der Waals surface area (Å²) in [5, 5.41) is 9.75. The summed E-state index contributed by atoms with van der Waals surface area (Å²) in [4.78, 5) is 30.1. The molecular formula is C24H31N3O3. The van der Waals surface area contributed by atoms with Gasteiger partial charge in [-0.25, -0.2) is 0 Å². The highest BCUT2D eigenvalue weighted by molar-refractivity contribution is 5.98. The van der Waals surface area contributed by atoms with Gasteiger partial charge in [0, 0.05) is 44.8 Å². The number of phenols is 1. The van der Waals surface area contributed by atoms with E-state index in [0.29, 0.717) is 30.0 Å². The number of aryl methyl sites for hydroxylation is 1. The number of nitrogens with zero attached hydrogens (tertiary/aromatic N) is 3. The molecule has 1 aromatic carbocycles. The van der Waals surface area contributed by atoms with Gasteiger partial charge < -0.3 is 14.6 Å². The second-order valence-electron chi connectivity index (χ2n) is 9.14. The Morgan fingerprint density at radius 1 is 1.07 bits per heavy atom. The molecule has 3 aliphatic rings. The maximum Gasteiger partial charge on any atom is 0.253 e. The molecule has 160 valence electrons. The SMILES string of the molecule is Cc1cc(C(=O)N2CCC3(CC2)c2ccc(C(=O)C4CC4)n2CCN3C)ccc1O.[HH]. The van der Waals surface area contributed by atoms with E-state index < -0.39 is 0 Å². The van der Waals surface area contributed by atoms with E-state index in [1.165, 1.54) is 5.69 Å². The molecule has 6 nitrogen and oxygen atoms in total. The Balaban J connectivity index is 0.00000231. The second-order valence-corrected chi connectivity index (χ2v) is 9.14. The Kier molecular flexibility index (Phi) is 4.51. The lowest BCUT2D eigenvalue weighted by molar-refractivity contribution is 0.0127. The van der Waals surface area contributed by atoms with Crippen LogP contribution < -0.4 is 0 Å². The smallest absolute Gasteiger partial charge is 0.253 e. The summed E-state index contributed by atoms with van der Waals surface area (Å²) in [7, 11) is 2.17. The number of Topliss-reactive ketones (excluding diaryl/α,β-unsaturated/α-hetero) is 1. The van der Waals surface area contributed by atoms with Crippen LogP contribution in [0.1, 0.15) is 59.2 Å². The first-order chi connectivity index (χ1) is 14.4. The van der Waals surface area contributed by atoms with Crippen LogP contribution in [0.15, 0.2) is 30.3 Å². The first kappa shape index (κ1) is 19.4. The van der Waals surface area contributed by atoms with Crippen LogP contribution in [-0.2, 0) is 12.1 Å². The third-order valence-corrected chi connectivity index (χ3v) is 7.37. The van der Waals surface area contributed by atoms with Crippen LogP contribution in [-0.4, -0.2) is 57.8 Å². The van der Waals surface area contributed by atoms with Gasteiger partial charge in [0.05, 0.1) is 11.2 Å². The molecule has 1 amide bonds. The molecule has 0 unspecified atom stereocenters. The monoisotopic (exact) mass is 409 g/mol. The van der Waals surface area contributed by atoms with Crippen molar-refractivity contribution in [3.63, 3.8) is 0 Å². The van der Waals surface area contributed by atoms with E-state index in [1.54, 1.807) is 18.2 Å². The molecule has 1 saturated heterocycles. The van der Waals surface area contributed by atoms with Gasteiger partial charge in [-0.2, -0.15) is 0 Å². The maximum atomic E-state index is 13.0. The molecule has 6 heteroatoms. The van der Waals surface area contributed by atoms with E-state index in [2.05, 4.69) is 22.6 Å². The summed E-state index contributed by atoms with van der Waals surface area (Å²) in [5.74, 6) is 0.765. The third-order valence-electron chi connectivity index (χ3n) is 7.37. The summed E-state index contributed by atoms with van der Waals surface area (Å²) in [6.45, 7) is 4.94. The molecule has 5 rings (SSSR count). The fourth-order valence-corrected chi connectivity index (χ4v) is 5.23.